The van der Waals surface area contributed by atoms with E-state index in [4.69, 9.17) is 5.11 Å². The summed E-state index contributed by atoms with van der Waals surface area (Å²) in [4.78, 5) is 36.1. The number of likely N-dealkylation sites (tertiary alicyclic amines) is 1. The van der Waals surface area contributed by atoms with Crippen LogP contribution in [-0.2, 0) is 4.79 Å². The SMILES string of the molecule is O=C(O)CC1CN(C(=O)c2cc([N+](=O)[O-])c[nH]2)C1. The molecule has 1 amide bonds. The van der Waals surface area contributed by atoms with Crippen LogP contribution < -0.4 is 0 Å². The zero-order valence-corrected chi connectivity index (χ0v) is 9.33. The Morgan fingerprint density at radius 3 is 2.72 bits per heavy atom. The zero-order chi connectivity index (χ0) is 13.3. The number of nitrogens with one attached hydrogen (secondary N) is 1. The molecule has 2 rings (SSSR count). The maximum absolute atomic E-state index is 11.8. The van der Waals surface area contributed by atoms with Gasteiger partial charge in [-0.25, -0.2) is 0 Å². The summed E-state index contributed by atoms with van der Waals surface area (Å²) >= 11 is 0. The molecule has 8 heteroatoms. The average molecular weight is 253 g/mol. The van der Waals surface area contributed by atoms with E-state index < -0.39 is 10.9 Å². The van der Waals surface area contributed by atoms with Crippen LogP contribution in [0.5, 0.6) is 0 Å². The van der Waals surface area contributed by atoms with Crippen molar-refractivity contribution in [1.82, 2.24) is 9.88 Å². The Kier molecular flexibility index (Phi) is 3.00. The van der Waals surface area contributed by atoms with Crippen LogP contribution in [0.4, 0.5) is 5.69 Å². The van der Waals surface area contributed by atoms with Crippen molar-refractivity contribution in [2.75, 3.05) is 13.1 Å². The van der Waals surface area contributed by atoms with E-state index >= 15 is 0 Å². The van der Waals surface area contributed by atoms with Crippen molar-refractivity contribution in [2.45, 2.75) is 6.42 Å². The number of aromatic nitrogens is 1. The molecule has 1 aliphatic rings. The number of carbonyl (C=O) groups excluding carboxylic acids is 1. The topological polar surface area (TPSA) is 117 Å². The van der Waals surface area contributed by atoms with Gasteiger partial charge in [0.1, 0.15) is 5.69 Å². The smallest absolute Gasteiger partial charge is 0.303 e. The van der Waals surface area contributed by atoms with Crippen molar-refractivity contribution in [3.63, 3.8) is 0 Å². The first-order valence-electron chi connectivity index (χ1n) is 5.31. The van der Waals surface area contributed by atoms with Gasteiger partial charge in [-0.15, -0.1) is 0 Å². The first-order chi connectivity index (χ1) is 8.47. The summed E-state index contributed by atoms with van der Waals surface area (Å²) in [6.45, 7) is 0.746. The van der Waals surface area contributed by atoms with Crippen LogP contribution in [0.3, 0.4) is 0 Å². The summed E-state index contributed by atoms with van der Waals surface area (Å²) in [5.41, 5.74) is -0.0172. The Bertz CT molecular complexity index is 503. The highest BCUT2D eigenvalue weighted by Gasteiger charge is 2.33. The molecule has 0 radical (unpaired) electrons. The molecule has 0 saturated carbocycles. The summed E-state index contributed by atoms with van der Waals surface area (Å²) < 4.78 is 0. The Morgan fingerprint density at radius 2 is 2.22 bits per heavy atom. The van der Waals surface area contributed by atoms with E-state index in [0.717, 1.165) is 6.20 Å². The second-order valence-electron chi connectivity index (χ2n) is 4.20. The van der Waals surface area contributed by atoms with E-state index in [1.165, 1.54) is 11.0 Å². The van der Waals surface area contributed by atoms with Crippen LogP contribution in [0.2, 0.25) is 0 Å². The molecule has 0 unspecified atom stereocenters. The van der Waals surface area contributed by atoms with Crippen LogP contribution in [0, 0.1) is 16.0 Å². The van der Waals surface area contributed by atoms with Crippen LogP contribution in [0.15, 0.2) is 12.3 Å². The van der Waals surface area contributed by atoms with Crippen molar-refractivity contribution >= 4 is 17.6 Å². The quantitative estimate of drug-likeness (QED) is 0.597. The number of aliphatic carboxylic acids is 1. The highest BCUT2D eigenvalue weighted by atomic mass is 16.6. The largest absolute Gasteiger partial charge is 0.481 e. The van der Waals surface area contributed by atoms with Gasteiger partial charge in [0.05, 0.1) is 17.5 Å². The number of hydrogen-bond donors (Lipinski definition) is 2. The number of nitrogens with zero attached hydrogens (tertiary/aromatic N) is 2. The lowest BCUT2D eigenvalue weighted by atomic mass is 9.96. The maximum Gasteiger partial charge on any atom is 0.303 e. The van der Waals surface area contributed by atoms with Crippen LogP contribution in [-0.4, -0.2) is 44.9 Å². The molecule has 1 saturated heterocycles. The Hall–Kier alpha value is -2.38. The molecule has 0 spiro atoms. The van der Waals surface area contributed by atoms with Gasteiger partial charge in [-0.2, -0.15) is 0 Å². The Labute approximate surface area is 101 Å². The number of hydrogen-bond acceptors (Lipinski definition) is 4. The standard InChI is InChI=1S/C10H11N3O5/c14-9(15)1-6-4-12(5-6)10(16)8-2-7(3-11-8)13(17)18/h2-3,6,11H,1,4-5H2,(H,14,15). The summed E-state index contributed by atoms with van der Waals surface area (Å²) in [5, 5.41) is 19.0. The van der Waals surface area contributed by atoms with E-state index in [1.54, 1.807) is 0 Å². The number of nitro groups is 1. The fourth-order valence-electron chi connectivity index (χ4n) is 1.89. The Morgan fingerprint density at radius 1 is 1.56 bits per heavy atom. The number of carboxylic acid groups (broad SMARTS) is 1. The van der Waals surface area contributed by atoms with Gasteiger partial charge in [0.25, 0.3) is 11.6 Å². The number of aromatic amines is 1. The van der Waals surface area contributed by atoms with Gasteiger partial charge in [0.2, 0.25) is 0 Å². The molecule has 1 aromatic rings. The van der Waals surface area contributed by atoms with Gasteiger partial charge < -0.3 is 15.0 Å². The summed E-state index contributed by atoms with van der Waals surface area (Å²) in [5.74, 6) is -1.26. The van der Waals surface area contributed by atoms with Gasteiger partial charge >= 0.3 is 5.97 Å². The van der Waals surface area contributed by atoms with Crippen LogP contribution in [0.25, 0.3) is 0 Å². The minimum absolute atomic E-state index is 0.0311. The van der Waals surface area contributed by atoms with Gasteiger partial charge in [-0.1, -0.05) is 0 Å². The molecule has 1 aliphatic heterocycles. The summed E-state index contributed by atoms with van der Waals surface area (Å²) in [7, 11) is 0. The molecular formula is C10H11N3O5. The van der Waals surface area contributed by atoms with Crippen molar-refractivity contribution < 1.29 is 19.6 Å². The van der Waals surface area contributed by atoms with E-state index in [9.17, 15) is 19.7 Å². The zero-order valence-electron chi connectivity index (χ0n) is 9.33. The number of carboxylic acids is 1. The second-order valence-corrected chi connectivity index (χ2v) is 4.20. The highest BCUT2D eigenvalue weighted by molar-refractivity contribution is 5.93. The number of amides is 1. The van der Waals surface area contributed by atoms with Crippen molar-refractivity contribution in [2.24, 2.45) is 5.92 Å². The number of rotatable bonds is 4. The summed E-state index contributed by atoms with van der Waals surface area (Å²) in [6.07, 6.45) is 1.19. The van der Waals surface area contributed by atoms with E-state index in [2.05, 4.69) is 4.98 Å². The second kappa shape index (κ2) is 4.47. The normalized spacial score (nSPS) is 15.2. The average Bonchev–Trinajstić information content (AvgIpc) is 2.70. The maximum atomic E-state index is 11.8. The van der Waals surface area contributed by atoms with E-state index in [1.807, 2.05) is 0 Å². The molecule has 2 heterocycles. The van der Waals surface area contributed by atoms with Gasteiger partial charge in [-0.05, 0) is 0 Å². The Balaban J connectivity index is 1.93. The minimum atomic E-state index is -0.886. The molecule has 0 bridgehead atoms. The number of H-pyrrole nitrogens is 1. The monoisotopic (exact) mass is 253 g/mol. The van der Waals surface area contributed by atoms with Crippen molar-refractivity contribution in [3.05, 3.63) is 28.1 Å². The first kappa shape index (κ1) is 12.1. The van der Waals surface area contributed by atoms with Crippen molar-refractivity contribution in [1.29, 1.82) is 0 Å². The fraction of sp³-hybridized carbons (Fsp3) is 0.400. The third kappa shape index (κ3) is 2.31. The molecule has 0 aromatic carbocycles. The lowest BCUT2D eigenvalue weighted by Crippen LogP contribution is -2.50. The third-order valence-corrected chi connectivity index (χ3v) is 2.82. The molecule has 1 fully saturated rings. The van der Waals surface area contributed by atoms with Crippen molar-refractivity contribution in [3.8, 4) is 0 Å². The van der Waals surface area contributed by atoms with Crippen LogP contribution >= 0.6 is 0 Å². The predicted molar refractivity (Wildman–Crippen MR) is 59.1 cm³/mol. The minimum Gasteiger partial charge on any atom is -0.481 e. The molecule has 0 atom stereocenters. The molecule has 18 heavy (non-hydrogen) atoms. The summed E-state index contributed by atoms with van der Waals surface area (Å²) in [6, 6.07) is 1.17. The van der Waals surface area contributed by atoms with E-state index in [0.29, 0.717) is 13.1 Å². The highest BCUT2D eigenvalue weighted by Crippen LogP contribution is 2.22. The van der Waals surface area contributed by atoms with Crippen LogP contribution in [0.1, 0.15) is 16.9 Å². The molecule has 1 aromatic heterocycles. The van der Waals surface area contributed by atoms with E-state index in [-0.39, 0.29) is 29.6 Å². The predicted octanol–water partition coefficient (Wildman–Crippen LogP) is 0.470. The molecule has 2 N–H and O–H groups in total. The number of carbonyl (C=O) groups is 2. The molecular weight excluding hydrogens is 242 g/mol. The lowest BCUT2D eigenvalue weighted by Gasteiger charge is -2.38. The van der Waals surface area contributed by atoms with Gasteiger partial charge in [-0.3, -0.25) is 19.7 Å². The molecule has 0 aliphatic carbocycles. The molecule has 96 valence electrons. The molecule has 8 nitrogen and oxygen atoms in total. The van der Waals surface area contributed by atoms with Gasteiger partial charge in [0.15, 0.2) is 0 Å². The first-order valence-corrected chi connectivity index (χ1v) is 5.31. The third-order valence-electron chi connectivity index (χ3n) is 2.82. The van der Waals surface area contributed by atoms with Gasteiger partial charge in [0, 0.05) is 25.1 Å². The lowest BCUT2D eigenvalue weighted by molar-refractivity contribution is -0.384. The fourth-order valence-corrected chi connectivity index (χ4v) is 1.89.